The summed E-state index contributed by atoms with van der Waals surface area (Å²) in [5.74, 6) is 0.849. The molecule has 0 amide bonds. The molecule has 2 fully saturated rings. The highest BCUT2D eigenvalue weighted by atomic mass is 35.5. The SMILES string of the molecule is OC[C@H]1O[C@@H](c2ccc(Cl)c(Cc3ccc(OC4CCNCC4)cc3)c2)[C@H](O)C(O)[C@@H]1O. The topological polar surface area (TPSA) is 111 Å². The van der Waals surface area contributed by atoms with E-state index in [0.29, 0.717) is 17.0 Å². The minimum absolute atomic E-state index is 0.242. The Balaban J connectivity index is 1.47. The van der Waals surface area contributed by atoms with Crippen LogP contribution < -0.4 is 10.1 Å². The van der Waals surface area contributed by atoms with Gasteiger partial charge >= 0.3 is 0 Å². The Morgan fingerprint density at radius 2 is 1.69 bits per heavy atom. The van der Waals surface area contributed by atoms with E-state index in [0.717, 1.165) is 42.8 Å². The van der Waals surface area contributed by atoms with Crippen molar-refractivity contribution in [3.63, 3.8) is 0 Å². The van der Waals surface area contributed by atoms with Crippen molar-refractivity contribution in [1.82, 2.24) is 5.32 Å². The zero-order valence-corrected chi connectivity index (χ0v) is 18.5. The van der Waals surface area contributed by atoms with Crippen LogP contribution in [0.3, 0.4) is 0 Å². The molecule has 5 atom stereocenters. The molecule has 4 rings (SSSR count). The molecule has 1 unspecified atom stereocenters. The molecule has 5 N–H and O–H groups in total. The first-order valence-electron chi connectivity index (χ1n) is 11.0. The minimum Gasteiger partial charge on any atom is -0.490 e. The third-order valence-electron chi connectivity index (χ3n) is 6.20. The lowest BCUT2D eigenvalue weighted by molar-refractivity contribution is -0.231. The Kier molecular flexibility index (Phi) is 7.68. The number of ether oxygens (including phenoxy) is 2. The van der Waals surface area contributed by atoms with E-state index in [1.807, 2.05) is 30.3 Å². The van der Waals surface area contributed by atoms with Crippen LogP contribution in [0.2, 0.25) is 5.02 Å². The van der Waals surface area contributed by atoms with E-state index >= 15 is 0 Å². The van der Waals surface area contributed by atoms with Crippen LogP contribution in [0.15, 0.2) is 42.5 Å². The lowest BCUT2D eigenvalue weighted by Gasteiger charge is -2.40. The fourth-order valence-electron chi connectivity index (χ4n) is 4.30. The predicted octanol–water partition coefficient (Wildman–Crippen LogP) is 1.58. The maximum Gasteiger partial charge on any atom is 0.119 e. The molecule has 0 spiro atoms. The van der Waals surface area contributed by atoms with Gasteiger partial charge in [0.15, 0.2) is 0 Å². The van der Waals surface area contributed by atoms with Gasteiger partial charge in [0.1, 0.15) is 42.4 Å². The molecule has 2 saturated heterocycles. The summed E-state index contributed by atoms with van der Waals surface area (Å²) in [7, 11) is 0. The first kappa shape index (κ1) is 23.4. The average Bonchev–Trinajstić information content (AvgIpc) is 2.81. The fraction of sp³-hybridized carbons (Fsp3) is 0.500. The highest BCUT2D eigenvalue weighted by Gasteiger charge is 2.44. The van der Waals surface area contributed by atoms with Gasteiger partial charge in [-0.1, -0.05) is 35.9 Å². The van der Waals surface area contributed by atoms with Crippen LogP contribution in [0.1, 0.15) is 35.6 Å². The fourth-order valence-corrected chi connectivity index (χ4v) is 4.48. The zero-order chi connectivity index (χ0) is 22.7. The molecular weight excluding hydrogens is 434 g/mol. The second kappa shape index (κ2) is 10.5. The summed E-state index contributed by atoms with van der Waals surface area (Å²) in [6.07, 6.45) is -3.16. The predicted molar refractivity (Wildman–Crippen MR) is 120 cm³/mol. The van der Waals surface area contributed by atoms with E-state index in [1.54, 1.807) is 12.1 Å². The van der Waals surface area contributed by atoms with Crippen molar-refractivity contribution in [2.45, 2.75) is 55.9 Å². The Bertz CT molecular complexity index is 887. The van der Waals surface area contributed by atoms with Crippen molar-refractivity contribution in [2.75, 3.05) is 19.7 Å². The van der Waals surface area contributed by atoms with E-state index in [9.17, 15) is 20.4 Å². The van der Waals surface area contributed by atoms with Crippen molar-refractivity contribution >= 4 is 11.6 Å². The van der Waals surface area contributed by atoms with E-state index < -0.39 is 37.1 Å². The quantitative estimate of drug-likeness (QED) is 0.442. The minimum atomic E-state index is -1.42. The maximum atomic E-state index is 10.4. The van der Waals surface area contributed by atoms with Crippen molar-refractivity contribution < 1.29 is 29.9 Å². The normalized spacial score (nSPS) is 29.1. The lowest BCUT2D eigenvalue weighted by atomic mass is 9.90. The van der Waals surface area contributed by atoms with Crippen LogP contribution in [0.4, 0.5) is 0 Å². The second-order valence-electron chi connectivity index (χ2n) is 8.49. The van der Waals surface area contributed by atoms with Gasteiger partial charge in [0.2, 0.25) is 0 Å². The first-order chi connectivity index (χ1) is 15.5. The van der Waals surface area contributed by atoms with Gasteiger partial charge in [0.05, 0.1) is 6.61 Å². The number of benzene rings is 2. The van der Waals surface area contributed by atoms with Crippen molar-refractivity contribution in [2.24, 2.45) is 0 Å². The summed E-state index contributed by atoms with van der Waals surface area (Å²) < 4.78 is 11.7. The molecular formula is C24H30ClNO6. The average molecular weight is 464 g/mol. The van der Waals surface area contributed by atoms with E-state index in [4.69, 9.17) is 21.1 Å². The smallest absolute Gasteiger partial charge is 0.119 e. The van der Waals surface area contributed by atoms with Crippen molar-refractivity contribution in [3.05, 3.63) is 64.2 Å². The van der Waals surface area contributed by atoms with E-state index in [2.05, 4.69) is 5.32 Å². The van der Waals surface area contributed by atoms with Gasteiger partial charge < -0.3 is 35.2 Å². The van der Waals surface area contributed by atoms with Crippen LogP contribution >= 0.6 is 11.6 Å². The van der Waals surface area contributed by atoms with Gasteiger partial charge in [-0.3, -0.25) is 0 Å². The van der Waals surface area contributed by atoms with Gasteiger partial charge in [0, 0.05) is 5.02 Å². The molecule has 174 valence electrons. The Labute approximate surface area is 192 Å². The number of hydrogen-bond donors (Lipinski definition) is 5. The Morgan fingerprint density at radius 1 is 0.969 bits per heavy atom. The molecule has 2 aromatic carbocycles. The summed E-state index contributed by atoms with van der Waals surface area (Å²) in [4.78, 5) is 0. The third kappa shape index (κ3) is 5.26. The van der Waals surface area contributed by atoms with E-state index in [1.165, 1.54) is 0 Å². The maximum absolute atomic E-state index is 10.4. The summed E-state index contributed by atoms with van der Waals surface area (Å²) in [5.41, 5.74) is 2.51. The molecule has 0 aliphatic carbocycles. The largest absolute Gasteiger partial charge is 0.490 e. The molecule has 0 saturated carbocycles. The number of hydrogen-bond acceptors (Lipinski definition) is 7. The summed E-state index contributed by atoms with van der Waals surface area (Å²) in [6.45, 7) is 1.49. The number of rotatable bonds is 6. The molecule has 2 aliphatic rings. The highest BCUT2D eigenvalue weighted by molar-refractivity contribution is 6.31. The Morgan fingerprint density at radius 3 is 2.38 bits per heavy atom. The molecule has 2 aliphatic heterocycles. The summed E-state index contributed by atoms with van der Waals surface area (Å²) >= 11 is 6.43. The third-order valence-corrected chi connectivity index (χ3v) is 6.57. The number of halogens is 1. The van der Waals surface area contributed by atoms with Crippen LogP contribution in [0, 0.1) is 0 Å². The molecule has 0 radical (unpaired) electrons. The molecule has 2 heterocycles. The van der Waals surface area contributed by atoms with Gasteiger partial charge in [-0.25, -0.2) is 0 Å². The summed E-state index contributed by atoms with van der Waals surface area (Å²) in [5, 5.41) is 43.9. The number of nitrogens with one attached hydrogen (secondary N) is 1. The van der Waals surface area contributed by atoms with Gasteiger partial charge in [-0.15, -0.1) is 0 Å². The van der Waals surface area contributed by atoms with Gasteiger partial charge in [0.25, 0.3) is 0 Å². The van der Waals surface area contributed by atoms with Crippen LogP contribution in [0.25, 0.3) is 0 Å². The van der Waals surface area contributed by atoms with Crippen LogP contribution in [-0.4, -0.2) is 70.6 Å². The van der Waals surface area contributed by atoms with Crippen LogP contribution in [0.5, 0.6) is 5.75 Å². The highest BCUT2D eigenvalue weighted by Crippen LogP contribution is 2.34. The van der Waals surface area contributed by atoms with Crippen molar-refractivity contribution in [1.29, 1.82) is 0 Å². The molecule has 32 heavy (non-hydrogen) atoms. The molecule has 8 heteroatoms. The zero-order valence-electron chi connectivity index (χ0n) is 17.7. The number of aliphatic hydroxyl groups excluding tert-OH is 4. The summed E-state index contributed by atoms with van der Waals surface area (Å²) in [6, 6.07) is 13.2. The molecule has 0 aromatic heterocycles. The second-order valence-corrected chi connectivity index (χ2v) is 8.90. The molecule has 2 aromatic rings. The lowest BCUT2D eigenvalue weighted by Crippen LogP contribution is -2.55. The number of piperidine rings is 1. The van der Waals surface area contributed by atoms with E-state index in [-0.39, 0.29) is 6.10 Å². The first-order valence-corrected chi connectivity index (χ1v) is 11.4. The van der Waals surface area contributed by atoms with Gasteiger partial charge in [-0.05, 0) is 67.2 Å². The molecule has 7 nitrogen and oxygen atoms in total. The monoisotopic (exact) mass is 463 g/mol. The molecule has 0 bridgehead atoms. The number of aliphatic hydroxyl groups is 4. The van der Waals surface area contributed by atoms with Crippen molar-refractivity contribution in [3.8, 4) is 5.75 Å². The van der Waals surface area contributed by atoms with Crippen LogP contribution in [-0.2, 0) is 11.2 Å². The standard InChI is InChI=1S/C24H30ClNO6/c25-19-6-3-15(24-23(30)22(29)21(28)20(13-27)32-24)12-16(19)11-14-1-4-17(5-2-14)31-18-7-9-26-10-8-18/h1-6,12,18,20-24,26-30H,7-11,13H2/t20-,21-,22?,23-,24+/m1/s1. The van der Waals surface area contributed by atoms with Gasteiger partial charge in [-0.2, -0.15) is 0 Å². The Hall–Kier alpha value is -1.71.